The average molecular weight is 408 g/mol. The van der Waals surface area contributed by atoms with Crippen LogP contribution in [-0.2, 0) is 11.3 Å². The van der Waals surface area contributed by atoms with Gasteiger partial charge in [-0.25, -0.2) is 0 Å². The molecule has 0 spiro atoms. The van der Waals surface area contributed by atoms with Gasteiger partial charge in [-0.15, -0.1) is 12.4 Å². The zero-order valence-electron chi connectivity index (χ0n) is 16.9. The fourth-order valence-corrected chi connectivity index (χ4v) is 4.24. The Morgan fingerprint density at radius 3 is 2.29 bits per heavy atom. The van der Waals surface area contributed by atoms with Crippen LogP contribution < -0.4 is 10.6 Å². The highest BCUT2D eigenvalue weighted by atomic mass is 35.5. The summed E-state index contributed by atoms with van der Waals surface area (Å²) in [5.74, 6) is 1.23. The summed E-state index contributed by atoms with van der Waals surface area (Å²) in [6.45, 7) is 3.30. The van der Waals surface area contributed by atoms with Gasteiger partial charge in [-0.05, 0) is 69.3 Å². The fourth-order valence-electron chi connectivity index (χ4n) is 4.24. The standard InChI is InChI=1S/C22H33N3O2.ClH/c1-23-13-10-17-11-14-25(15-12-17)22(27)20-8-6-18(7-9-20)16-24-21(26)19-4-2-3-5-19;/h6-9,17,19,23H,2-5,10-16H2,1H3,(H,24,26);1H. The number of rotatable bonds is 7. The Hall–Kier alpha value is -1.59. The first kappa shape index (κ1) is 22.7. The Morgan fingerprint density at radius 2 is 1.68 bits per heavy atom. The molecule has 0 aromatic heterocycles. The third kappa shape index (κ3) is 6.21. The predicted octanol–water partition coefficient (Wildman–Crippen LogP) is 3.38. The SMILES string of the molecule is CNCCC1CCN(C(=O)c2ccc(CNC(=O)C3CCCC3)cc2)CC1.Cl. The summed E-state index contributed by atoms with van der Waals surface area (Å²) in [4.78, 5) is 26.8. The average Bonchev–Trinajstić information content (AvgIpc) is 3.26. The Balaban J connectivity index is 0.00000280. The third-order valence-electron chi connectivity index (χ3n) is 6.10. The van der Waals surface area contributed by atoms with Crippen molar-refractivity contribution < 1.29 is 9.59 Å². The molecule has 2 fully saturated rings. The topological polar surface area (TPSA) is 61.4 Å². The van der Waals surface area contributed by atoms with Crippen LogP contribution in [0.5, 0.6) is 0 Å². The van der Waals surface area contributed by atoms with Crippen molar-refractivity contribution in [2.75, 3.05) is 26.7 Å². The van der Waals surface area contributed by atoms with E-state index in [1.165, 1.54) is 19.3 Å². The maximum absolute atomic E-state index is 12.7. The smallest absolute Gasteiger partial charge is 0.253 e. The minimum Gasteiger partial charge on any atom is -0.352 e. The summed E-state index contributed by atoms with van der Waals surface area (Å²) in [7, 11) is 1.99. The minimum atomic E-state index is 0. The monoisotopic (exact) mass is 407 g/mol. The molecule has 28 heavy (non-hydrogen) atoms. The van der Waals surface area contributed by atoms with E-state index in [0.29, 0.717) is 6.54 Å². The van der Waals surface area contributed by atoms with Crippen LogP contribution in [0.25, 0.3) is 0 Å². The van der Waals surface area contributed by atoms with Gasteiger partial charge in [0.1, 0.15) is 0 Å². The number of halogens is 1. The van der Waals surface area contributed by atoms with Gasteiger partial charge < -0.3 is 15.5 Å². The lowest BCUT2D eigenvalue weighted by Crippen LogP contribution is -2.39. The molecular formula is C22H34ClN3O2. The number of piperidine rings is 1. The molecule has 1 saturated carbocycles. The summed E-state index contributed by atoms with van der Waals surface area (Å²) in [5.41, 5.74) is 1.79. The van der Waals surface area contributed by atoms with E-state index in [-0.39, 0.29) is 30.1 Å². The Kier molecular flexibility index (Phi) is 9.26. The number of amides is 2. The van der Waals surface area contributed by atoms with Crippen LogP contribution in [0.1, 0.15) is 60.9 Å². The molecule has 5 nitrogen and oxygen atoms in total. The molecule has 2 amide bonds. The summed E-state index contributed by atoms with van der Waals surface area (Å²) >= 11 is 0. The zero-order chi connectivity index (χ0) is 19.1. The summed E-state index contributed by atoms with van der Waals surface area (Å²) in [5, 5.41) is 6.24. The van der Waals surface area contributed by atoms with Crippen molar-refractivity contribution >= 4 is 24.2 Å². The highest BCUT2D eigenvalue weighted by Crippen LogP contribution is 2.25. The number of nitrogens with one attached hydrogen (secondary N) is 2. The van der Waals surface area contributed by atoms with Crippen LogP contribution in [0.4, 0.5) is 0 Å². The molecule has 1 heterocycles. The molecule has 1 aromatic rings. The first-order chi connectivity index (χ1) is 13.2. The molecule has 0 unspecified atom stereocenters. The van der Waals surface area contributed by atoms with Crippen LogP contribution in [-0.4, -0.2) is 43.4 Å². The van der Waals surface area contributed by atoms with E-state index < -0.39 is 0 Å². The van der Waals surface area contributed by atoms with E-state index in [9.17, 15) is 9.59 Å². The van der Waals surface area contributed by atoms with Gasteiger partial charge in [0, 0.05) is 31.1 Å². The van der Waals surface area contributed by atoms with Crippen LogP contribution in [0, 0.1) is 11.8 Å². The summed E-state index contributed by atoms with van der Waals surface area (Å²) in [6.07, 6.45) is 7.76. The number of benzene rings is 1. The fraction of sp³-hybridized carbons (Fsp3) is 0.636. The Bertz CT molecular complexity index is 621. The van der Waals surface area contributed by atoms with Crippen molar-refractivity contribution in [3.05, 3.63) is 35.4 Å². The summed E-state index contributed by atoms with van der Waals surface area (Å²) in [6, 6.07) is 7.71. The zero-order valence-corrected chi connectivity index (χ0v) is 17.7. The molecule has 0 atom stereocenters. The molecule has 2 aliphatic rings. The second-order valence-corrected chi connectivity index (χ2v) is 8.02. The highest BCUT2D eigenvalue weighted by Gasteiger charge is 2.24. The van der Waals surface area contributed by atoms with Gasteiger partial charge in [-0.1, -0.05) is 25.0 Å². The predicted molar refractivity (Wildman–Crippen MR) is 115 cm³/mol. The highest BCUT2D eigenvalue weighted by molar-refractivity contribution is 5.94. The number of nitrogens with zero attached hydrogens (tertiary/aromatic N) is 1. The van der Waals surface area contributed by atoms with Crippen LogP contribution in [0.3, 0.4) is 0 Å². The molecule has 2 N–H and O–H groups in total. The van der Waals surface area contributed by atoms with Gasteiger partial charge >= 0.3 is 0 Å². The van der Waals surface area contributed by atoms with E-state index in [2.05, 4.69) is 10.6 Å². The number of carbonyl (C=O) groups is 2. The van der Waals surface area contributed by atoms with E-state index in [4.69, 9.17) is 0 Å². The molecular weight excluding hydrogens is 374 g/mol. The van der Waals surface area contributed by atoms with E-state index >= 15 is 0 Å². The molecule has 1 aliphatic heterocycles. The second-order valence-electron chi connectivity index (χ2n) is 8.02. The number of likely N-dealkylation sites (tertiary alicyclic amines) is 1. The largest absolute Gasteiger partial charge is 0.352 e. The van der Waals surface area contributed by atoms with Crippen LogP contribution >= 0.6 is 12.4 Å². The van der Waals surface area contributed by atoms with E-state index in [1.54, 1.807) is 0 Å². The van der Waals surface area contributed by atoms with Crippen molar-refractivity contribution in [2.45, 2.75) is 51.5 Å². The molecule has 0 radical (unpaired) electrons. The van der Waals surface area contributed by atoms with Crippen molar-refractivity contribution in [2.24, 2.45) is 11.8 Å². The van der Waals surface area contributed by atoms with Gasteiger partial charge in [0.05, 0.1) is 0 Å². The van der Waals surface area contributed by atoms with Gasteiger partial charge in [-0.2, -0.15) is 0 Å². The lowest BCUT2D eigenvalue weighted by molar-refractivity contribution is -0.124. The van der Waals surface area contributed by atoms with Gasteiger partial charge in [0.25, 0.3) is 5.91 Å². The molecule has 0 bridgehead atoms. The van der Waals surface area contributed by atoms with Crippen molar-refractivity contribution in [1.82, 2.24) is 15.5 Å². The molecule has 156 valence electrons. The first-order valence-corrected chi connectivity index (χ1v) is 10.5. The van der Waals surface area contributed by atoms with Crippen molar-refractivity contribution in [3.8, 4) is 0 Å². The Morgan fingerprint density at radius 1 is 1.04 bits per heavy atom. The first-order valence-electron chi connectivity index (χ1n) is 10.5. The van der Waals surface area contributed by atoms with Crippen LogP contribution in [0.15, 0.2) is 24.3 Å². The van der Waals surface area contributed by atoms with Crippen molar-refractivity contribution in [3.63, 3.8) is 0 Å². The number of hydrogen-bond acceptors (Lipinski definition) is 3. The van der Waals surface area contributed by atoms with Gasteiger partial charge in [-0.3, -0.25) is 9.59 Å². The molecule has 3 rings (SSSR count). The molecule has 1 aliphatic carbocycles. The van der Waals surface area contributed by atoms with E-state index in [1.807, 2.05) is 36.2 Å². The van der Waals surface area contributed by atoms with Crippen molar-refractivity contribution in [1.29, 1.82) is 0 Å². The second kappa shape index (κ2) is 11.4. The maximum Gasteiger partial charge on any atom is 0.253 e. The van der Waals surface area contributed by atoms with Gasteiger partial charge in [0.15, 0.2) is 0 Å². The summed E-state index contributed by atoms with van der Waals surface area (Å²) < 4.78 is 0. The number of hydrogen-bond donors (Lipinski definition) is 2. The number of carbonyl (C=O) groups excluding carboxylic acids is 2. The molecule has 1 aromatic carbocycles. The quantitative estimate of drug-likeness (QED) is 0.728. The molecule has 6 heteroatoms. The minimum absolute atomic E-state index is 0. The van der Waals surface area contributed by atoms with E-state index in [0.717, 1.165) is 62.4 Å². The third-order valence-corrected chi connectivity index (χ3v) is 6.10. The lowest BCUT2D eigenvalue weighted by Gasteiger charge is -2.32. The Labute approximate surface area is 175 Å². The van der Waals surface area contributed by atoms with Gasteiger partial charge in [0.2, 0.25) is 5.91 Å². The van der Waals surface area contributed by atoms with Crippen LogP contribution in [0.2, 0.25) is 0 Å². The normalized spacial score (nSPS) is 18.0. The lowest BCUT2D eigenvalue weighted by atomic mass is 9.93. The maximum atomic E-state index is 12.7. The molecule has 1 saturated heterocycles.